The highest BCUT2D eigenvalue weighted by Gasteiger charge is 2.30. The molecule has 2 atom stereocenters. The summed E-state index contributed by atoms with van der Waals surface area (Å²) < 4.78 is 0. The predicted octanol–water partition coefficient (Wildman–Crippen LogP) is 4.02. The van der Waals surface area contributed by atoms with Crippen molar-refractivity contribution in [2.75, 3.05) is 0 Å². The van der Waals surface area contributed by atoms with E-state index in [0.717, 1.165) is 17.1 Å². The second-order valence-electron chi connectivity index (χ2n) is 5.88. The largest absolute Gasteiger partial charge is 0.481 e. The van der Waals surface area contributed by atoms with Crippen LogP contribution in [0.4, 0.5) is 0 Å². The van der Waals surface area contributed by atoms with Crippen LogP contribution in [0.5, 0.6) is 0 Å². The summed E-state index contributed by atoms with van der Waals surface area (Å²) in [6, 6.07) is 11.7. The molecule has 1 aliphatic carbocycles. The van der Waals surface area contributed by atoms with Gasteiger partial charge in [-0.3, -0.25) is 9.59 Å². The van der Waals surface area contributed by atoms with Crippen LogP contribution in [-0.2, 0) is 10.5 Å². The van der Waals surface area contributed by atoms with Crippen molar-refractivity contribution in [3.63, 3.8) is 0 Å². The molecule has 1 saturated carbocycles. The van der Waals surface area contributed by atoms with Crippen molar-refractivity contribution >= 4 is 35.0 Å². The fraction of sp³-hybridized carbons (Fsp3) is 0.333. The quantitative estimate of drug-likeness (QED) is 0.763. The van der Waals surface area contributed by atoms with E-state index < -0.39 is 5.97 Å². The number of aliphatic carboxylic acids is 1. The van der Waals surface area contributed by atoms with Crippen molar-refractivity contribution in [2.24, 2.45) is 5.92 Å². The lowest BCUT2D eigenvalue weighted by atomic mass is 10.1. The Labute approximate surface area is 149 Å². The SMILES string of the molecule is O=C(N[C@@H]1CC[C@H](C(=O)O)C1)c1ccccc1SCc1cccs1. The topological polar surface area (TPSA) is 66.4 Å². The molecule has 1 aromatic heterocycles. The Morgan fingerprint density at radius 2 is 2.04 bits per heavy atom. The second kappa shape index (κ2) is 7.85. The number of nitrogens with one attached hydrogen (secondary N) is 1. The van der Waals surface area contributed by atoms with Crippen LogP contribution in [0.2, 0.25) is 0 Å². The van der Waals surface area contributed by atoms with Crippen LogP contribution >= 0.6 is 23.1 Å². The van der Waals surface area contributed by atoms with E-state index in [9.17, 15) is 9.59 Å². The molecule has 1 aliphatic rings. The van der Waals surface area contributed by atoms with Gasteiger partial charge in [0, 0.05) is 21.6 Å². The van der Waals surface area contributed by atoms with Crippen molar-refractivity contribution in [1.82, 2.24) is 5.32 Å². The van der Waals surface area contributed by atoms with Gasteiger partial charge in [-0.15, -0.1) is 23.1 Å². The van der Waals surface area contributed by atoms with Crippen LogP contribution in [0, 0.1) is 5.92 Å². The summed E-state index contributed by atoms with van der Waals surface area (Å²) >= 11 is 3.36. The van der Waals surface area contributed by atoms with Crippen LogP contribution in [0.1, 0.15) is 34.5 Å². The molecular weight excluding hydrogens is 342 g/mol. The molecule has 0 bridgehead atoms. The number of carbonyl (C=O) groups excluding carboxylic acids is 1. The number of carbonyl (C=O) groups is 2. The molecule has 1 fully saturated rings. The van der Waals surface area contributed by atoms with Gasteiger partial charge in [-0.2, -0.15) is 0 Å². The van der Waals surface area contributed by atoms with Gasteiger partial charge in [0.25, 0.3) is 5.91 Å². The molecule has 1 amide bonds. The number of carboxylic acid groups (broad SMARTS) is 1. The highest BCUT2D eigenvalue weighted by Crippen LogP contribution is 2.29. The molecule has 126 valence electrons. The summed E-state index contributed by atoms with van der Waals surface area (Å²) in [5, 5.41) is 14.1. The first-order valence-electron chi connectivity index (χ1n) is 7.91. The van der Waals surface area contributed by atoms with E-state index in [1.165, 1.54) is 4.88 Å². The maximum atomic E-state index is 12.6. The molecule has 2 N–H and O–H groups in total. The minimum atomic E-state index is -0.765. The van der Waals surface area contributed by atoms with Crippen molar-refractivity contribution in [3.8, 4) is 0 Å². The van der Waals surface area contributed by atoms with Crippen LogP contribution in [0.15, 0.2) is 46.7 Å². The number of hydrogen-bond donors (Lipinski definition) is 2. The van der Waals surface area contributed by atoms with Gasteiger partial charge in [0.2, 0.25) is 0 Å². The molecule has 24 heavy (non-hydrogen) atoms. The summed E-state index contributed by atoms with van der Waals surface area (Å²) in [4.78, 5) is 25.9. The lowest BCUT2D eigenvalue weighted by Gasteiger charge is -2.14. The highest BCUT2D eigenvalue weighted by atomic mass is 32.2. The number of benzene rings is 1. The zero-order valence-electron chi connectivity index (χ0n) is 13.1. The average molecular weight is 361 g/mol. The second-order valence-corrected chi connectivity index (χ2v) is 7.93. The third kappa shape index (κ3) is 4.19. The first-order chi connectivity index (χ1) is 11.6. The smallest absolute Gasteiger partial charge is 0.306 e. The minimum Gasteiger partial charge on any atom is -0.481 e. The van der Waals surface area contributed by atoms with Crippen LogP contribution < -0.4 is 5.32 Å². The van der Waals surface area contributed by atoms with E-state index in [4.69, 9.17) is 5.11 Å². The molecule has 2 aromatic rings. The van der Waals surface area contributed by atoms with E-state index in [0.29, 0.717) is 18.4 Å². The fourth-order valence-electron chi connectivity index (χ4n) is 2.92. The Kier molecular flexibility index (Phi) is 5.58. The van der Waals surface area contributed by atoms with Gasteiger partial charge in [-0.1, -0.05) is 18.2 Å². The number of thiophene rings is 1. The summed E-state index contributed by atoms with van der Waals surface area (Å²) in [5.41, 5.74) is 0.665. The van der Waals surface area contributed by atoms with Crippen molar-refractivity contribution in [1.29, 1.82) is 0 Å². The normalized spacial score (nSPS) is 20.0. The molecule has 0 saturated heterocycles. The lowest BCUT2D eigenvalue weighted by molar-refractivity contribution is -0.141. The lowest BCUT2D eigenvalue weighted by Crippen LogP contribution is -2.33. The molecule has 4 nitrogen and oxygen atoms in total. The Balaban J connectivity index is 1.63. The number of amides is 1. The van der Waals surface area contributed by atoms with E-state index in [2.05, 4.69) is 11.4 Å². The average Bonchev–Trinajstić information content (AvgIpc) is 3.25. The summed E-state index contributed by atoms with van der Waals surface area (Å²) in [6.07, 6.45) is 1.88. The van der Waals surface area contributed by atoms with Gasteiger partial charge in [0.15, 0.2) is 0 Å². The zero-order valence-corrected chi connectivity index (χ0v) is 14.7. The first kappa shape index (κ1) is 17.0. The van der Waals surface area contributed by atoms with E-state index in [1.54, 1.807) is 23.1 Å². The van der Waals surface area contributed by atoms with E-state index >= 15 is 0 Å². The number of thioether (sulfide) groups is 1. The standard InChI is InChI=1S/C18H19NO3S2/c20-17(19-13-8-7-12(10-13)18(21)22)15-5-1-2-6-16(15)24-11-14-4-3-9-23-14/h1-6,9,12-13H,7-8,10-11H2,(H,19,20)(H,21,22)/t12-,13+/m0/s1. The highest BCUT2D eigenvalue weighted by molar-refractivity contribution is 7.98. The summed E-state index contributed by atoms with van der Waals surface area (Å²) in [5.74, 6) is -0.371. The third-order valence-electron chi connectivity index (χ3n) is 4.20. The Morgan fingerprint density at radius 1 is 1.21 bits per heavy atom. The van der Waals surface area contributed by atoms with Crippen molar-refractivity contribution < 1.29 is 14.7 Å². The molecule has 6 heteroatoms. The van der Waals surface area contributed by atoms with Crippen molar-refractivity contribution in [2.45, 2.75) is 36.0 Å². The Hall–Kier alpha value is -1.79. The van der Waals surface area contributed by atoms with E-state index in [1.807, 2.05) is 35.7 Å². The van der Waals surface area contributed by atoms with Gasteiger partial charge in [0.1, 0.15) is 0 Å². The van der Waals surface area contributed by atoms with E-state index in [-0.39, 0.29) is 17.9 Å². The van der Waals surface area contributed by atoms with Crippen LogP contribution in [-0.4, -0.2) is 23.0 Å². The Bertz CT molecular complexity index is 715. The van der Waals surface area contributed by atoms with Gasteiger partial charge < -0.3 is 10.4 Å². The van der Waals surface area contributed by atoms with Crippen LogP contribution in [0.3, 0.4) is 0 Å². The van der Waals surface area contributed by atoms with Gasteiger partial charge in [-0.25, -0.2) is 0 Å². The first-order valence-corrected chi connectivity index (χ1v) is 9.78. The molecule has 0 spiro atoms. The monoisotopic (exact) mass is 361 g/mol. The number of hydrogen-bond acceptors (Lipinski definition) is 4. The fourth-order valence-corrected chi connectivity index (χ4v) is 4.75. The van der Waals surface area contributed by atoms with Gasteiger partial charge in [-0.05, 0) is 42.8 Å². The summed E-state index contributed by atoms with van der Waals surface area (Å²) in [6.45, 7) is 0. The van der Waals surface area contributed by atoms with Gasteiger partial charge >= 0.3 is 5.97 Å². The molecule has 0 radical (unpaired) electrons. The molecule has 0 aliphatic heterocycles. The van der Waals surface area contributed by atoms with Crippen molar-refractivity contribution in [3.05, 3.63) is 52.2 Å². The minimum absolute atomic E-state index is 0.0473. The maximum absolute atomic E-state index is 12.6. The third-order valence-corrected chi connectivity index (χ3v) is 6.38. The Morgan fingerprint density at radius 3 is 2.75 bits per heavy atom. The maximum Gasteiger partial charge on any atom is 0.306 e. The molecule has 3 rings (SSSR count). The molecule has 0 unspecified atom stereocenters. The number of rotatable bonds is 6. The summed E-state index contributed by atoms with van der Waals surface area (Å²) in [7, 11) is 0. The molecule has 1 aromatic carbocycles. The molecular formula is C18H19NO3S2. The zero-order chi connectivity index (χ0) is 16.9. The predicted molar refractivity (Wildman–Crippen MR) is 96.6 cm³/mol. The number of carboxylic acids is 1. The molecule has 1 heterocycles. The van der Waals surface area contributed by atoms with Crippen LogP contribution in [0.25, 0.3) is 0 Å². The van der Waals surface area contributed by atoms with Gasteiger partial charge in [0.05, 0.1) is 11.5 Å².